The van der Waals surface area contributed by atoms with Crippen LogP contribution in [0.1, 0.15) is 31.0 Å². The van der Waals surface area contributed by atoms with Crippen LogP contribution in [0.4, 0.5) is 5.82 Å². The molecule has 20 heavy (non-hydrogen) atoms. The average molecular weight is 278 g/mol. The van der Waals surface area contributed by atoms with Crippen LogP contribution in [-0.4, -0.2) is 40.6 Å². The molecule has 0 bridgehead atoms. The van der Waals surface area contributed by atoms with Crippen molar-refractivity contribution in [1.82, 2.24) is 15.1 Å². The highest BCUT2D eigenvalue weighted by Crippen LogP contribution is 2.40. The molecule has 1 saturated heterocycles. The van der Waals surface area contributed by atoms with Crippen LogP contribution in [0.5, 0.6) is 0 Å². The van der Waals surface area contributed by atoms with E-state index in [1.54, 1.807) is 0 Å². The number of rotatable bonds is 4. The number of aliphatic hydroxyl groups excluding tert-OH is 1. The molecule has 2 fully saturated rings. The molecule has 3 atom stereocenters. The van der Waals surface area contributed by atoms with E-state index in [2.05, 4.69) is 29.2 Å². The number of hydrogen-bond acceptors (Lipinski definition) is 4. The lowest BCUT2D eigenvalue weighted by Crippen LogP contribution is -2.27. The highest BCUT2D eigenvalue weighted by atomic mass is 16.3. The van der Waals surface area contributed by atoms with Gasteiger partial charge in [0.1, 0.15) is 5.82 Å². The van der Waals surface area contributed by atoms with Crippen molar-refractivity contribution >= 4 is 5.82 Å². The van der Waals surface area contributed by atoms with Crippen LogP contribution < -0.4 is 10.2 Å². The van der Waals surface area contributed by atoms with Crippen molar-refractivity contribution in [2.45, 2.75) is 39.3 Å². The molecule has 1 aliphatic heterocycles. The van der Waals surface area contributed by atoms with Gasteiger partial charge in [0.05, 0.1) is 11.8 Å². The van der Waals surface area contributed by atoms with E-state index in [1.807, 2.05) is 11.7 Å². The zero-order valence-corrected chi connectivity index (χ0v) is 12.8. The van der Waals surface area contributed by atoms with Crippen LogP contribution in [0.3, 0.4) is 0 Å². The van der Waals surface area contributed by atoms with Crippen molar-refractivity contribution in [3.8, 4) is 0 Å². The first-order valence-corrected chi connectivity index (χ1v) is 7.78. The lowest BCUT2D eigenvalue weighted by atomic mass is 10.00. The number of nitrogens with zero attached hydrogens (tertiary/aromatic N) is 3. The summed E-state index contributed by atoms with van der Waals surface area (Å²) in [6.07, 6.45) is 2.05. The molecule has 0 amide bonds. The number of anilines is 1. The summed E-state index contributed by atoms with van der Waals surface area (Å²) in [4.78, 5) is 2.43. The van der Waals surface area contributed by atoms with Gasteiger partial charge in [0, 0.05) is 38.2 Å². The lowest BCUT2D eigenvalue weighted by Gasteiger charge is -2.22. The van der Waals surface area contributed by atoms with E-state index in [-0.39, 0.29) is 6.10 Å². The van der Waals surface area contributed by atoms with Crippen molar-refractivity contribution in [2.75, 3.05) is 24.5 Å². The van der Waals surface area contributed by atoms with Gasteiger partial charge in [0.15, 0.2) is 0 Å². The Morgan fingerprint density at radius 2 is 2.15 bits per heavy atom. The van der Waals surface area contributed by atoms with Gasteiger partial charge >= 0.3 is 0 Å². The molecular weight excluding hydrogens is 252 g/mol. The predicted molar refractivity (Wildman–Crippen MR) is 79.8 cm³/mol. The Morgan fingerprint density at radius 3 is 2.85 bits per heavy atom. The first-order valence-electron chi connectivity index (χ1n) is 7.78. The number of fused-ring (bicyclic) bond motifs is 1. The van der Waals surface area contributed by atoms with Crippen molar-refractivity contribution in [3.05, 3.63) is 11.3 Å². The van der Waals surface area contributed by atoms with Gasteiger partial charge in [0.2, 0.25) is 0 Å². The molecule has 2 aliphatic rings. The summed E-state index contributed by atoms with van der Waals surface area (Å²) in [6.45, 7) is 8.10. The standard InChI is InChI=1S/C15H26N4O/c1-4-16-7-12-10(2)17-18(3)15(12)19-8-11-5-6-14(20)13(11)9-19/h11,13-14,16,20H,4-9H2,1-3H3. The van der Waals surface area contributed by atoms with Gasteiger partial charge in [-0.05, 0) is 32.2 Å². The number of aromatic nitrogens is 2. The molecule has 0 radical (unpaired) electrons. The smallest absolute Gasteiger partial charge is 0.131 e. The lowest BCUT2D eigenvalue weighted by molar-refractivity contribution is 0.133. The highest BCUT2D eigenvalue weighted by molar-refractivity contribution is 5.51. The first kappa shape index (κ1) is 13.9. The zero-order valence-electron chi connectivity index (χ0n) is 12.8. The van der Waals surface area contributed by atoms with E-state index in [9.17, 15) is 5.11 Å². The number of aliphatic hydroxyl groups is 1. The second-order valence-corrected chi connectivity index (χ2v) is 6.27. The summed E-state index contributed by atoms with van der Waals surface area (Å²) >= 11 is 0. The molecular formula is C15H26N4O. The maximum atomic E-state index is 10.1. The maximum absolute atomic E-state index is 10.1. The van der Waals surface area contributed by atoms with Crippen LogP contribution >= 0.6 is 0 Å². The predicted octanol–water partition coefficient (Wildman–Crippen LogP) is 1.05. The minimum absolute atomic E-state index is 0.100. The Balaban J connectivity index is 1.83. The van der Waals surface area contributed by atoms with Crippen LogP contribution in [0, 0.1) is 18.8 Å². The molecule has 2 heterocycles. The molecule has 3 rings (SSSR count). The molecule has 0 aromatic carbocycles. The Bertz CT molecular complexity index is 484. The third-order valence-corrected chi connectivity index (χ3v) is 4.98. The van der Waals surface area contributed by atoms with Crippen LogP contribution in [0.2, 0.25) is 0 Å². The van der Waals surface area contributed by atoms with Gasteiger partial charge in [-0.2, -0.15) is 5.10 Å². The van der Waals surface area contributed by atoms with Crippen molar-refractivity contribution in [3.63, 3.8) is 0 Å². The average Bonchev–Trinajstić information content (AvgIpc) is 3.03. The Kier molecular flexibility index (Phi) is 3.73. The molecule has 5 nitrogen and oxygen atoms in total. The van der Waals surface area contributed by atoms with Gasteiger partial charge in [-0.3, -0.25) is 4.68 Å². The molecule has 1 aromatic rings. The molecule has 112 valence electrons. The normalized spacial score (nSPS) is 29.2. The van der Waals surface area contributed by atoms with E-state index >= 15 is 0 Å². The van der Waals surface area contributed by atoms with Gasteiger partial charge in [-0.25, -0.2) is 0 Å². The van der Waals surface area contributed by atoms with Crippen molar-refractivity contribution in [1.29, 1.82) is 0 Å². The first-order chi connectivity index (χ1) is 9.61. The number of aryl methyl sites for hydroxylation is 2. The van der Waals surface area contributed by atoms with Crippen molar-refractivity contribution < 1.29 is 5.11 Å². The van der Waals surface area contributed by atoms with Gasteiger partial charge < -0.3 is 15.3 Å². The summed E-state index contributed by atoms with van der Waals surface area (Å²) in [5, 5.41) is 18.1. The molecule has 5 heteroatoms. The summed E-state index contributed by atoms with van der Waals surface area (Å²) in [5.74, 6) is 2.36. The SMILES string of the molecule is CCNCc1c(C)nn(C)c1N1CC2CCC(O)C2C1. The van der Waals surface area contributed by atoms with E-state index in [0.29, 0.717) is 11.8 Å². The second kappa shape index (κ2) is 5.37. The number of hydrogen-bond donors (Lipinski definition) is 2. The van der Waals surface area contributed by atoms with Crippen LogP contribution in [0.15, 0.2) is 0 Å². The summed E-state index contributed by atoms with van der Waals surface area (Å²) in [7, 11) is 2.03. The van der Waals surface area contributed by atoms with E-state index in [0.717, 1.165) is 38.3 Å². The quantitative estimate of drug-likeness (QED) is 0.864. The molecule has 3 unspecified atom stereocenters. The van der Waals surface area contributed by atoms with E-state index < -0.39 is 0 Å². The van der Waals surface area contributed by atoms with E-state index in [1.165, 1.54) is 17.8 Å². The fraction of sp³-hybridized carbons (Fsp3) is 0.800. The monoisotopic (exact) mass is 278 g/mol. The zero-order chi connectivity index (χ0) is 14.3. The van der Waals surface area contributed by atoms with Crippen LogP contribution in [-0.2, 0) is 13.6 Å². The maximum Gasteiger partial charge on any atom is 0.131 e. The van der Waals surface area contributed by atoms with Gasteiger partial charge in [-0.1, -0.05) is 6.92 Å². The summed E-state index contributed by atoms with van der Waals surface area (Å²) in [6, 6.07) is 0. The second-order valence-electron chi connectivity index (χ2n) is 6.27. The summed E-state index contributed by atoms with van der Waals surface area (Å²) in [5.41, 5.74) is 2.42. The Labute approximate surface area is 121 Å². The fourth-order valence-corrected chi connectivity index (χ4v) is 3.95. The van der Waals surface area contributed by atoms with E-state index in [4.69, 9.17) is 0 Å². The number of nitrogens with one attached hydrogen (secondary N) is 1. The fourth-order valence-electron chi connectivity index (χ4n) is 3.95. The molecule has 0 spiro atoms. The highest BCUT2D eigenvalue weighted by Gasteiger charge is 2.43. The minimum atomic E-state index is -0.100. The Hall–Kier alpha value is -1.07. The topological polar surface area (TPSA) is 53.3 Å². The Morgan fingerprint density at radius 1 is 1.35 bits per heavy atom. The molecule has 2 N–H and O–H groups in total. The molecule has 1 aromatic heterocycles. The van der Waals surface area contributed by atoms with Crippen molar-refractivity contribution in [2.24, 2.45) is 18.9 Å². The third-order valence-electron chi connectivity index (χ3n) is 4.98. The van der Waals surface area contributed by atoms with Crippen LogP contribution in [0.25, 0.3) is 0 Å². The largest absolute Gasteiger partial charge is 0.393 e. The molecule has 1 saturated carbocycles. The van der Waals surface area contributed by atoms with Gasteiger partial charge in [-0.15, -0.1) is 0 Å². The third kappa shape index (κ3) is 2.23. The minimum Gasteiger partial charge on any atom is -0.393 e. The molecule has 1 aliphatic carbocycles. The summed E-state index contributed by atoms with van der Waals surface area (Å²) < 4.78 is 2.01. The van der Waals surface area contributed by atoms with Gasteiger partial charge in [0.25, 0.3) is 0 Å².